The number of aliphatic imine (C=N–C) groups is 1. The fourth-order valence-electron chi connectivity index (χ4n) is 2.31. The van der Waals surface area contributed by atoms with Crippen LogP contribution in [0.25, 0.3) is 11.5 Å². The molecule has 0 atom stereocenters. The predicted octanol–water partition coefficient (Wildman–Crippen LogP) is 4.72. The van der Waals surface area contributed by atoms with E-state index in [9.17, 15) is 5.11 Å². The molecule has 0 fully saturated rings. The Balaban J connectivity index is 1.89. The lowest BCUT2D eigenvalue weighted by molar-refractivity contribution is 0.337. The molecule has 0 saturated heterocycles. The van der Waals surface area contributed by atoms with E-state index in [0.717, 1.165) is 22.4 Å². The number of oxazole rings is 1. The second-order valence-electron chi connectivity index (χ2n) is 5.62. The molecule has 3 rings (SSSR count). The minimum atomic E-state index is -0.228. The van der Waals surface area contributed by atoms with Gasteiger partial charge in [0.15, 0.2) is 5.69 Å². The number of nitrogens with zero attached hydrogens (tertiary/aromatic N) is 2. The van der Waals surface area contributed by atoms with Crippen LogP contribution >= 0.6 is 0 Å². The van der Waals surface area contributed by atoms with Crippen LogP contribution in [-0.2, 0) is 0 Å². The fraction of sp³-hybridized carbons (Fsp3) is 0.158. The van der Waals surface area contributed by atoms with Gasteiger partial charge >= 0.3 is 5.95 Å². The lowest BCUT2D eigenvalue weighted by Crippen LogP contribution is -1.84. The van der Waals surface area contributed by atoms with Crippen LogP contribution in [0.4, 0.5) is 5.69 Å². The summed E-state index contributed by atoms with van der Waals surface area (Å²) < 4.78 is 5.33. The maximum atomic E-state index is 9.92. The second kappa shape index (κ2) is 6.08. The summed E-state index contributed by atoms with van der Waals surface area (Å²) in [7, 11) is 0. The number of hydrogen-bond donors (Lipinski definition) is 1. The largest absolute Gasteiger partial charge is 0.479 e. The highest BCUT2D eigenvalue weighted by Gasteiger charge is 2.12. The summed E-state index contributed by atoms with van der Waals surface area (Å²) in [6.45, 7) is 6.05. The van der Waals surface area contributed by atoms with E-state index in [4.69, 9.17) is 4.42 Å². The first-order valence-electron chi connectivity index (χ1n) is 7.41. The molecule has 0 radical (unpaired) electrons. The van der Waals surface area contributed by atoms with Crippen LogP contribution in [0.15, 0.2) is 51.9 Å². The first kappa shape index (κ1) is 15.0. The normalized spacial score (nSPS) is 11.3. The number of rotatable bonds is 3. The number of aromatic nitrogens is 1. The number of hydrogen-bond acceptors (Lipinski definition) is 4. The zero-order chi connectivity index (χ0) is 16.4. The van der Waals surface area contributed by atoms with Gasteiger partial charge in [-0.05, 0) is 44.5 Å². The fourth-order valence-corrected chi connectivity index (χ4v) is 2.31. The minimum absolute atomic E-state index is 0.228. The Bertz CT molecular complexity index is 862. The van der Waals surface area contributed by atoms with Crippen molar-refractivity contribution in [1.82, 2.24) is 4.98 Å². The lowest BCUT2D eigenvalue weighted by atomic mass is 10.1. The van der Waals surface area contributed by atoms with E-state index in [1.807, 2.05) is 57.2 Å². The SMILES string of the molecule is Cc1ccc(-c2nc(C=Nc3ccc(C)cc3C)c(O)o2)cc1. The summed E-state index contributed by atoms with van der Waals surface area (Å²) in [5.74, 6) is 0.152. The van der Waals surface area contributed by atoms with E-state index in [2.05, 4.69) is 16.0 Å². The van der Waals surface area contributed by atoms with Crippen molar-refractivity contribution in [2.45, 2.75) is 20.8 Å². The van der Waals surface area contributed by atoms with E-state index in [1.54, 1.807) is 0 Å². The first-order chi connectivity index (χ1) is 11.0. The molecule has 23 heavy (non-hydrogen) atoms. The Morgan fingerprint density at radius 2 is 1.70 bits per heavy atom. The van der Waals surface area contributed by atoms with Crippen molar-refractivity contribution in [3.05, 3.63) is 64.8 Å². The molecule has 1 heterocycles. The Labute approximate surface area is 135 Å². The molecule has 0 aliphatic rings. The molecular formula is C19H18N2O2. The van der Waals surface area contributed by atoms with Crippen molar-refractivity contribution in [2.75, 3.05) is 0 Å². The Morgan fingerprint density at radius 3 is 2.39 bits per heavy atom. The van der Waals surface area contributed by atoms with Crippen molar-refractivity contribution in [1.29, 1.82) is 0 Å². The average molecular weight is 306 g/mol. The Hall–Kier alpha value is -2.88. The van der Waals surface area contributed by atoms with Crippen molar-refractivity contribution in [3.63, 3.8) is 0 Å². The average Bonchev–Trinajstić information content (AvgIpc) is 2.88. The monoisotopic (exact) mass is 306 g/mol. The van der Waals surface area contributed by atoms with Crippen LogP contribution in [0.2, 0.25) is 0 Å². The van der Waals surface area contributed by atoms with E-state index < -0.39 is 0 Å². The lowest BCUT2D eigenvalue weighted by Gasteiger charge is -2.00. The molecule has 0 unspecified atom stereocenters. The molecule has 116 valence electrons. The summed E-state index contributed by atoms with van der Waals surface area (Å²) in [6.07, 6.45) is 1.52. The number of benzene rings is 2. The summed E-state index contributed by atoms with van der Waals surface area (Å²) in [4.78, 5) is 8.70. The van der Waals surface area contributed by atoms with Crippen LogP contribution in [0.3, 0.4) is 0 Å². The molecule has 4 nitrogen and oxygen atoms in total. The van der Waals surface area contributed by atoms with E-state index in [1.165, 1.54) is 11.8 Å². The van der Waals surface area contributed by atoms with Crippen molar-refractivity contribution < 1.29 is 9.52 Å². The molecule has 4 heteroatoms. The van der Waals surface area contributed by atoms with Crippen LogP contribution in [0, 0.1) is 20.8 Å². The molecule has 0 aliphatic carbocycles. The van der Waals surface area contributed by atoms with Gasteiger partial charge in [-0.3, -0.25) is 4.99 Å². The van der Waals surface area contributed by atoms with E-state index in [-0.39, 0.29) is 5.95 Å². The van der Waals surface area contributed by atoms with Gasteiger partial charge in [-0.15, -0.1) is 0 Å². The maximum Gasteiger partial charge on any atom is 0.312 e. The van der Waals surface area contributed by atoms with Crippen molar-refractivity contribution >= 4 is 11.9 Å². The molecule has 0 amide bonds. The third kappa shape index (κ3) is 3.31. The van der Waals surface area contributed by atoms with Crippen molar-refractivity contribution in [3.8, 4) is 17.4 Å². The van der Waals surface area contributed by atoms with Gasteiger partial charge < -0.3 is 9.52 Å². The second-order valence-corrected chi connectivity index (χ2v) is 5.62. The number of aromatic hydroxyl groups is 1. The smallest absolute Gasteiger partial charge is 0.312 e. The molecule has 0 spiro atoms. The van der Waals surface area contributed by atoms with E-state index >= 15 is 0 Å². The van der Waals surface area contributed by atoms with Crippen LogP contribution in [-0.4, -0.2) is 16.3 Å². The van der Waals surface area contributed by atoms with Gasteiger partial charge in [0.25, 0.3) is 0 Å². The zero-order valence-corrected chi connectivity index (χ0v) is 13.4. The van der Waals surface area contributed by atoms with Crippen LogP contribution in [0.1, 0.15) is 22.4 Å². The summed E-state index contributed by atoms with van der Waals surface area (Å²) in [5, 5.41) is 9.92. The van der Waals surface area contributed by atoms with Crippen LogP contribution < -0.4 is 0 Å². The molecular weight excluding hydrogens is 288 g/mol. The van der Waals surface area contributed by atoms with Gasteiger partial charge in [-0.2, -0.15) is 0 Å². The quantitative estimate of drug-likeness (QED) is 0.712. The minimum Gasteiger partial charge on any atom is -0.479 e. The molecule has 0 aliphatic heterocycles. The number of aryl methyl sites for hydroxylation is 3. The first-order valence-corrected chi connectivity index (χ1v) is 7.41. The van der Waals surface area contributed by atoms with Gasteiger partial charge in [-0.1, -0.05) is 35.4 Å². The van der Waals surface area contributed by atoms with Crippen LogP contribution in [0.5, 0.6) is 5.95 Å². The molecule has 0 bridgehead atoms. The highest BCUT2D eigenvalue weighted by Crippen LogP contribution is 2.26. The highest BCUT2D eigenvalue weighted by atomic mass is 16.5. The molecule has 2 aromatic carbocycles. The van der Waals surface area contributed by atoms with Crippen molar-refractivity contribution in [2.24, 2.45) is 4.99 Å². The molecule has 3 aromatic rings. The Morgan fingerprint density at radius 1 is 1.00 bits per heavy atom. The van der Waals surface area contributed by atoms with Gasteiger partial charge in [0.2, 0.25) is 5.89 Å². The van der Waals surface area contributed by atoms with Gasteiger partial charge in [0.1, 0.15) is 0 Å². The van der Waals surface area contributed by atoms with Gasteiger partial charge in [0, 0.05) is 5.56 Å². The molecule has 0 saturated carbocycles. The maximum absolute atomic E-state index is 9.92. The highest BCUT2D eigenvalue weighted by molar-refractivity contribution is 5.83. The zero-order valence-electron chi connectivity index (χ0n) is 13.4. The Kier molecular flexibility index (Phi) is 3.98. The molecule has 1 N–H and O–H groups in total. The summed E-state index contributed by atoms with van der Waals surface area (Å²) in [6, 6.07) is 13.8. The third-order valence-corrected chi connectivity index (χ3v) is 3.61. The topological polar surface area (TPSA) is 58.6 Å². The van der Waals surface area contributed by atoms with E-state index in [0.29, 0.717) is 11.6 Å². The molecule has 1 aromatic heterocycles. The summed E-state index contributed by atoms with van der Waals surface area (Å²) in [5.41, 5.74) is 5.39. The standard InChI is InChI=1S/C19H18N2O2/c1-12-4-7-15(8-5-12)18-21-17(19(22)23-18)11-20-16-9-6-13(2)10-14(16)3/h4-11,22H,1-3H3. The van der Waals surface area contributed by atoms with Gasteiger partial charge in [0.05, 0.1) is 11.9 Å². The van der Waals surface area contributed by atoms with Gasteiger partial charge in [-0.25, -0.2) is 4.98 Å². The summed E-state index contributed by atoms with van der Waals surface area (Å²) >= 11 is 0. The third-order valence-electron chi connectivity index (χ3n) is 3.61. The predicted molar refractivity (Wildman–Crippen MR) is 91.5 cm³/mol.